The quantitative estimate of drug-likeness (QED) is 0.643. The number of hydrogen-bond acceptors (Lipinski definition) is 4. The molecule has 4 nitrogen and oxygen atoms in total. The molecule has 4 heteroatoms. The third-order valence-electron chi connectivity index (χ3n) is 7.84. The molecule has 3 aliphatic rings. The maximum Gasteiger partial charge on any atom is 0.0589 e. The lowest BCUT2D eigenvalue weighted by Gasteiger charge is -2.40. The molecule has 0 N–H and O–H groups in total. The van der Waals surface area contributed by atoms with Gasteiger partial charge in [0.1, 0.15) is 0 Å². The Hall–Kier alpha value is -1.26. The summed E-state index contributed by atoms with van der Waals surface area (Å²) >= 11 is 0. The summed E-state index contributed by atoms with van der Waals surface area (Å²) in [6, 6.07) is 7.46. The number of ether oxygens (including phenoxy) is 1. The second-order valence-corrected chi connectivity index (χ2v) is 10.6. The first kappa shape index (κ1) is 22.0. The van der Waals surface area contributed by atoms with E-state index >= 15 is 0 Å². The molecule has 1 aromatic carbocycles. The summed E-state index contributed by atoms with van der Waals surface area (Å²) in [5.74, 6) is 0.726. The molecule has 0 atom stereocenters. The molecule has 1 saturated carbocycles. The lowest BCUT2D eigenvalue weighted by molar-refractivity contribution is 0.144. The highest BCUT2D eigenvalue weighted by atomic mass is 16.5. The van der Waals surface area contributed by atoms with Crippen molar-refractivity contribution in [1.82, 2.24) is 4.90 Å². The molecule has 2 saturated heterocycles. The number of benzene rings is 1. The number of rotatable bonds is 6. The van der Waals surface area contributed by atoms with Crippen LogP contribution in [-0.4, -0.2) is 64.4 Å². The maximum absolute atomic E-state index is 5.28. The Morgan fingerprint density at radius 2 is 1.60 bits per heavy atom. The summed E-state index contributed by atoms with van der Waals surface area (Å²) < 4.78 is 5.28. The van der Waals surface area contributed by atoms with E-state index in [0.717, 1.165) is 45.2 Å². The van der Waals surface area contributed by atoms with Crippen molar-refractivity contribution >= 4 is 11.4 Å². The zero-order valence-corrected chi connectivity index (χ0v) is 19.7. The third kappa shape index (κ3) is 5.31. The fourth-order valence-electron chi connectivity index (χ4n) is 5.65. The van der Waals surface area contributed by atoms with E-state index in [1.165, 1.54) is 69.4 Å². The Morgan fingerprint density at radius 1 is 0.900 bits per heavy atom. The fraction of sp³-hybridized carbons (Fsp3) is 0.769. The Morgan fingerprint density at radius 3 is 2.27 bits per heavy atom. The summed E-state index contributed by atoms with van der Waals surface area (Å²) in [7, 11) is 1.80. The van der Waals surface area contributed by atoms with Crippen molar-refractivity contribution in [2.45, 2.75) is 64.7 Å². The van der Waals surface area contributed by atoms with E-state index in [9.17, 15) is 0 Å². The van der Waals surface area contributed by atoms with Crippen molar-refractivity contribution in [2.75, 3.05) is 69.3 Å². The molecule has 0 unspecified atom stereocenters. The van der Waals surface area contributed by atoms with Crippen LogP contribution >= 0.6 is 0 Å². The molecule has 2 aliphatic heterocycles. The van der Waals surface area contributed by atoms with Gasteiger partial charge in [-0.3, -0.25) is 4.90 Å². The molecule has 168 valence electrons. The monoisotopic (exact) mass is 413 g/mol. The first-order chi connectivity index (χ1) is 14.6. The van der Waals surface area contributed by atoms with Crippen LogP contribution in [0.5, 0.6) is 0 Å². The molecule has 0 spiro atoms. The lowest BCUT2D eigenvalue weighted by Crippen LogP contribution is -2.47. The summed E-state index contributed by atoms with van der Waals surface area (Å²) in [6.45, 7) is 13.8. The minimum atomic E-state index is 0.522. The van der Waals surface area contributed by atoms with Gasteiger partial charge in [-0.15, -0.1) is 0 Å². The van der Waals surface area contributed by atoms with Crippen molar-refractivity contribution in [2.24, 2.45) is 5.41 Å². The Balaban J connectivity index is 1.53. The fourth-order valence-corrected chi connectivity index (χ4v) is 5.65. The third-order valence-corrected chi connectivity index (χ3v) is 7.84. The predicted molar refractivity (Wildman–Crippen MR) is 128 cm³/mol. The van der Waals surface area contributed by atoms with Gasteiger partial charge in [0.2, 0.25) is 0 Å². The molecule has 1 aromatic rings. The van der Waals surface area contributed by atoms with E-state index in [-0.39, 0.29) is 0 Å². The van der Waals surface area contributed by atoms with Gasteiger partial charge in [-0.2, -0.15) is 0 Å². The molecular formula is C26H43N3O. The zero-order valence-electron chi connectivity index (χ0n) is 19.7. The van der Waals surface area contributed by atoms with Gasteiger partial charge in [0.25, 0.3) is 0 Å². The molecule has 0 aromatic heterocycles. The predicted octanol–water partition coefficient (Wildman–Crippen LogP) is 5.13. The van der Waals surface area contributed by atoms with Gasteiger partial charge in [0, 0.05) is 64.3 Å². The largest absolute Gasteiger partial charge is 0.383 e. The molecular weight excluding hydrogens is 370 g/mol. The lowest BCUT2D eigenvalue weighted by atomic mass is 9.71. The van der Waals surface area contributed by atoms with Crippen LogP contribution in [0, 0.1) is 5.41 Å². The van der Waals surface area contributed by atoms with E-state index < -0.39 is 0 Å². The standard InChI is InChI=1S/C26H43N3O/c1-26(2)11-9-22(10-12-26)24-21-23(28-13-5-4-6-14-28)7-8-25(24)29-17-15-27(16-18-29)19-20-30-3/h7-8,21-22H,4-6,9-20H2,1-3H3. The van der Waals surface area contributed by atoms with Crippen LogP contribution in [-0.2, 0) is 4.74 Å². The van der Waals surface area contributed by atoms with Crippen LogP contribution in [0.3, 0.4) is 0 Å². The molecule has 2 heterocycles. The Kier molecular flexibility index (Phi) is 7.25. The minimum Gasteiger partial charge on any atom is -0.383 e. The van der Waals surface area contributed by atoms with Gasteiger partial charge < -0.3 is 14.5 Å². The first-order valence-corrected chi connectivity index (χ1v) is 12.4. The Bertz CT molecular complexity index is 665. The van der Waals surface area contributed by atoms with Gasteiger partial charge in [-0.05, 0) is 80.0 Å². The molecule has 0 amide bonds. The van der Waals surface area contributed by atoms with Crippen LogP contribution in [0.4, 0.5) is 11.4 Å². The van der Waals surface area contributed by atoms with Gasteiger partial charge in [-0.1, -0.05) is 13.8 Å². The normalized spacial score (nSPS) is 23.7. The van der Waals surface area contributed by atoms with Gasteiger partial charge >= 0.3 is 0 Å². The number of piperidine rings is 1. The van der Waals surface area contributed by atoms with Gasteiger partial charge in [0.15, 0.2) is 0 Å². The van der Waals surface area contributed by atoms with E-state index in [4.69, 9.17) is 4.74 Å². The van der Waals surface area contributed by atoms with Crippen LogP contribution in [0.15, 0.2) is 18.2 Å². The Labute approximate surface area is 184 Å². The number of anilines is 2. The summed E-state index contributed by atoms with van der Waals surface area (Å²) in [5.41, 5.74) is 5.15. The van der Waals surface area contributed by atoms with Crippen molar-refractivity contribution in [1.29, 1.82) is 0 Å². The van der Waals surface area contributed by atoms with Crippen molar-refractivity contribution in [3.8, 4) is 0 Å². The average Bonchev–Trinajstić information content (AvgIpc) is 2.78. The minimum absolute atomic E-state index is 0.522. The number of piperazine rings is 1. The molecule has 1 aliphatic carbocycles. The second kappa shape index (κ2) is 9.91. The molecule has 4 rings (SSSR count). The summed E-state index contributed by atoms with van der Waals surface area (Å²) in [5, 5.41) is 0. The van der Waals surface area contributed by atoms with Crippen LogP contribution in [0.25, 0.3) is 0 Å². The zero-order chi connectivity index (χ0) is 21.0. The topological polar surface area (TPSA) is 19.0 Å². The van der Waals surface area contributed by atoms with Crippen LogP contribution in [0.1, 0.15) is 70.3 Å². The number of methoxy groups -OCH3 is 1. The number of hydrogen-bond donors (Lipinski definition) is 0. The van der Waals surface area contributed by atoms with Crippen molar-refractivity contribution in [3.63, 3.8) is 0 Å². The molecule has 3 fully saturated rings. The van der Waals surface area contributed by atoms with E-state index in [1.54, 1.807) is 12.7 Å². The first-order valence-electron chi connectivity index (χ1n) is 12.4. The smallest absolute Gasteiger partial charge is 0.0589 e. The SMILES string of the molecule is COCCN1CCN(c2ccc(N3CCCCC3)cc2C2CCC(C)(C)CC2)CC1. The van der Waals surface area contributed by atoms with Crippen LogP contribution < -0.4 is 9.80 Å². The highest BCUT2D eigenvalue weighted by Crippen LogP contribution is 2.45. The molecule has 0 bridgehead atoms. The van der Waals surface area contributed by atoms with Crippen LogP contribution in [0.2, 0.25) is 0 Å². The van der Waals surface area contributed by atoms with Gasteiger partial charge in [-0.25, -0.2) is 0 Å². The van der Waals surface area contributed by atoms with Crippen molar-refractivity contribution in [3.05, 3.63) is 23.8 Å². The van der Waals surface area contributed by atoms with E-state index in [0.29, 0.717) is 5.41 Å². The van der Waals surface area contributed by atoms with E-state index in [2.05, 4.69) is 46.7 Å². The summed E-state index contributed by atoms with van der Waals surface area (Å²) in [4.78, 5) is 7.84. The number of nitrogens with zero attached hydrogens (tertiary/aromatic N) is 3. The van der Waals surface area contributed by atoms with Gasteiger partial charge in [0.05, 0.1) is 6.61 Å². The highest BCUT2D eigenvalue weighted by molar-refractivity contribution is 5.63. The maximum atomic E-state index is 5.28. The highest BCUT2D eigenvalue weighted by Gasteiger charge is 2.30. The second-order valence-electron chi connectivity index (χ2n) is 10.6. The molecule has 30 heavy (non-hydrogen) atoms. The van der Waals surface area contributed by atoms with E-state index in [1.807, 2.05) is 0 Å². The summed E-state index contributed by atoms with van der Waals surface area (Å²) in [6.07, 6.45) is 9.49. The average molecular weight is 414 g/mol. The van der Waals surface area contributed by atoms with Crippen molar-refractivity contribution < 1.29 is 4.74 Å². The molecule has 0 radical (unpaired) electrons.